The number of nitrogens with zero attached hydrogens (tertiary/aromatic N) is 1. The largest absolute Gasteiger partial charge is 0.495 e. The maximum absolute atomic E-state index is 12.1. The van der Waals surface area contributed by atoms with Crippen LogP contribution in [0.5, 0.6) is 5.75 Å². The average molecular weight is 242 g/mol. The lowest BCUT2D eigenvalue weighted by molar-refractivity contribution is 0.102. The number of aromatic nitrogens is 1. The number of carbonyl (C=O) groups is 1. The number of anilines is 1. The lowest BCUT2D eigenvalue weighted by Crippen LogP contribution is -2.14. The second-order valence-electron chi connectivity index (χ2n) is 3.79. The fraction of sp³-hybridized carbons (Fsp3) is 0.143. The van der Waals surface area contributed by atoms with Crippen molar-refractivity contribution in [3.8, 4) is 5.75 Å². The second kappa shape index (κ2) is 5.31. The predicted molar refractivity (Wildman–Crippen MR) is 69.9 cm³/mol. The predicted octanol–water partition coefficient (Wildman–Crippen LogP) is 2.65. The first-order valence-corrected chi connectivity index (χ1v) is 5.58. The van der Waals surface area contributed by atoms with E-state index in [1.807, 2.05) is 12.1 Å². The molecule has 0 radical (unpaired) electrons. The number of para-hydroxylation sites is 2. The van der Waals surface area contributed by atoms with Crippen molar-refractivity contribution in [3.63, 3.8) is 0 Å². The fourth-order valence-electron chi connectivity index (χ4n) is 1.66. The van der Waals surface area contributed by atoms with Gasteiger partial charge in [0.1, 0.15) is 5.75 Å². The van der Waals surface area contributed by atoms with Crippen LogP contribution < -0.4 is 10.1 Å². The van der Waals surface area contributed by atoms with Crippen molar-refractivity contribution < 1.29 is 9.53 Å². The van der Waals surface area contributed by atoms with Gasteiger partial charge in [0.15, 0.2) is 0 Å². The van der Waals surface area contributed by atoms with Gasteiger partial charge in [0.25, 0.3) is 5.91 Å². The van der Waals surface area contributed by atoms with Crippen molar-refractivity contribution in [1.29, 1.82) is 0 Å². The molecule has 1 amide bonds. The van der Waals surface area contributed by atoms with Crippen molar-refractivity contribution in [2.24, 2.45) is 0 Å². The molecule has 0 aliphatic heterocycles. The van der Waals surface area contributed by atoms with Gasteiger partial charge in [-0.25, -0.2) is 0 Å². The first-order chi connectivity index (χ1) is 8.72. The second-order valence-corrected chi connectivity index (χ2v) is 3.79. The number of methoxy groups -OCH3 is 1. The van der Waals surface area contributed by atoms with Gasteiger partial charge in [-0.1, -0.05) is 12.1 Å². The van der Waals surface area contributed by atoms with E-state index < -0.39 is 0 Å². The zero-order chi connectivity index (χ0) is 13.0. The number of pyridine rings is 1. The molecule has 92 valence electrons. The summed E-state index contributed by atoms with van der Waals surface area (Å²) in [6.45, 7) is 1.80. The molecular weight excluding hydrogens is 228 g/mol. The molecule has 0 unspecified atom stereocenters. The SMILES string of the molecule is COc1ccccc1NC(=O)c1cccnc1C. The van der Waals surface area contributed by atoms with Crippen LogP contribution in [-0.4, -0.2) is 18.0 Å². The molecule has 4 nitrogen and oxygen atoms in total. The molecule has 1 aromatic heterocycles. The molecule has 0 saturated carbocycles. The third-order valence-corrected chi connectivity index (χ3v) is 2.61. The molecule has 1 heterocycles. The molecule has 2 aromatic rings. The van der Waals surface area contributed by atoms with Crippen LogP contribution in [0.3, 0.4) is 0 Å². The molecule has 1 aromatic carbocycles. The van der Waals surface area contributed by atoms with E-state index in [2.05, 4.69) is 10.3 Å². The van der Waals surface area contributed by atoms with E-state index in [1.54, 1.807) is 44.5 Å². The van der Waals surface area contributed by atoms with Crippen LogP contribution in [0, 0.1) is 6.92 Å². The van der Waals surface area contributed by atoms with E-state index in [-0.39, 0.29) is 5.91 Å². The summed E-state index contributed by atoms with van der Waals surface area (Å²) in [5.41, 5.74) is 1.90. The molecule has 0 aliphatic rings. The summed E-state index contributed by atoms with van der Waals surface area (Å²) in [4.78, 5) is 16.2. The minimum absolute atomic E-state index is 0.190. The number of nitrogens with one attached hydrogen (secondary N) is 1. The molecule has 1 N–H and O–H groups in total. The zero-order valence-electron chi connectivity index (χ0n) is 10.3. The topological polar surface area (TPSA) is 51.2 Å². The fourth-order valence-corrected chi connectivity index (χ4v) is 1.66. The highest BCUT2D eigenvalue weighted by Crippen LogP contribution is 2.23. The highest BCUT2D eigenvalue weighted by molar-refractivity contribution is 6.05. The Bertz CT molecular complexity index is 567. The van der Waals surface area contributed by atoms with Crippen LogP contribution >= 0.6 is 0 Å². The number of benzene rings is 1. The van der Waals surface area contributed by atoms with Gasteiger partial charge in [-0.15, -0.1) is 0 Å². The molecule has 18 heavy (non-hydrogen) atoms. The molecule has 0 saturated heterocycles. The van der Waals surface area contributed by atoms with Gasteiger partial charge in [0.2, 0.25) is 0 Å². The van der Waals surface area contributed by atoms with Gasteiger partial charge in [-0.3, -0.25) is 9.78 Å². The third kappa shape index (κ3) is 2.48. The maximum atomic E-state index is 12.1. The monoisotopic (exact) mass is 242 g/mol. The summed E-state index contributed by atoms with van der Waals surface area (Å²) >= 11 is 0. The van der Waals surface area contributed by atoms with Crippen molar-refractivity contribution in [2.75, 3.05) is 12.4 Å². The minimum atomic E-state index is -0.190. The maximum Gasteiger partial charge on any atom is 0.257 e. The van der Waals surface area contributed by atoms with Crippen LogP contribution in [-0.2, 0) is 0 Å². The number of amides is 1. The summed E-state index contributed by atoms with van der Waals surface area (Å²) in [5.74, 6) is 0.442. The Balaban J connectivity index is 2.24. The van der Waals surface area contributed by atoms with Gasteiger partial charge in [-0.2, -0.15) is 0 Å². The van der Waals surface area contributed by atoms with Crippen LogP contribution in [0.4, 0.5) is 5.69 Å². The number of rotatable bonds is 3. The van der Waals surface area contributed by atoms with Crippen LogP contribution in [0.2, 0.25) is 0 Å². The molecular formula is C14H14N2O2. The summed E-state index contributed by atoms with van der Waals surface area (Å²) < 4.78 is 5.18. The number of ether oxygens (including phenoxy) is 1. The lowest BCUT2D eigenvalue weighted by atomic mass is 10.2. The molecule has 4 heteroatoms. The van der Waals surface area contributed by atoms with E-state index in [0.29, 0.717) is 22.7 Å². The Morgan fingerprint density at radius 2 is 2.00 bits per heavy atom. The molecule has 0 fully saturated rings. The number of hydrogen-bond acceptors (Lipinski definition) is 3. The lowest BCUT2D eigenvalue weighted by Gasteiger charge is -2.10. The number of aryl methyl sites for hydroxylation is 1. The van der Waals surface area contributed by atoms with Crippen LogP contribution in [0.1, 0.15) is 16.1 Å². The summed E-state index contributed by atoms with van der Waals surface area (Å²) in [5, 5.41) is 2.81. The quantitative estimate of drug-likeness (QED) is 0.900. The Morgan fingerprint density at radius 1 is 1.22 bits per heavy atom. The smallest absolute Gasteiger partial charge is 0.257 e. The van der Waals surface area contributed by atoms with Crippen molar-refractivity contribution in [2.45, 2.75) is 6.92 Å². The third-order valence-electron chi connectivity index (χ3n) is 2.61. The van der Waals surface area contributed by atoms with E-state index in [1.165, 1.54) is 0 Å². The van der Waals surface area contributed by atoms with Crippen LogP contribution in [0.15, 0.2) is 42.6 Å². The van der Waals surface area contributed by atoms with Gasteiger partial charge in [-0.05, 0) is 31.2 Å². The van der Waals surface area contributed by atoms with Gasteiger partial charge >= 0.3 is 0 Å². The van der Waals surface area contributed by atoms with E-state index in [9.17, 15) is 4.79 Å². The first kappa shape index (κ1) is 12.1. The molecule has 0 aliphatic carbocycles. The van der Waals surface area contributed by atoms with Gasteiger partial charge in [0, 0.05) is 11.9 Å². The molecule has 0 atom stereocenters. The Labute approximate surface area is 106 Å². The Morgan fingerprint density at radius 3 is 2.72 bits per heavy atom. The van der Waals surface area contributed by atoms with Crippen LogP contribution in [0.25, 0.3) is 0 Å². The summed E-state index contributed by atoms with van der Waals surface area (Å²) in [6, 6.07) is 10.8. The first-order valence-electron chi connectivity index (χ1n) is 5.58. The highest BCUT2D eigenvalue weighted by atomic mass is 16.5. The Hall–Kier alpha value is -2.36. The van der Waals surface area contributed by atoms with Gasteiger partial charge in [0.05, 0.1) is 18.4 Å². The summed E-state index contributed by atoms with van der Waals surface area (Å²) in [6.07, 6.45) is 1.66. The molecule has 0 spiro atoms. The summed E-state index contributed by atoms with van der Waals surface area (Å²) in [7, 11) is 1.57. The van der Waals surface area contributed by atoms with Gasteiger partial charge < -0.3 is 10.1 Å². The zero-order valence-corrected chi connectivity index (χ0v) is 10.3. The minimum Gasteiger partial charge on any atom is -0.495 e. The number of hydrogen-bond donors (Lipinski definition) is 1. The van der Waals surface area contributed by atoms with E-state index in [4.69, 9.17) is 4.74 Å². The van der Waals surface area contributed by atoms with Crippen molar-refractivity contribution in [3.05, 3.63) is 53.9 Å². The highest BCUT2D eigenvalue weighted by Gasteiger charge is 2.11. The van der Waals surface area contributed by atoms with Crippen molar-refractivity contribution in [1.82, 2.24) is 4.98 Å². The normalized spacial score (nSPS) is 9.89. The number of carbonyl (C=O) groups excluding carboxylic acids is 1. The Kier molecular flexibility index (Phi) is 3.57. The average Bonchev–Trinajstić information content (AvgIpc) is 2.39. The molecule has 0 bridgehead atoms. The van der Waals surface area contributed by atoms with Crippen molar-refractivity contribution >= 4 is 11.6 Å². The van der Waals surface area contributed by atoms with E-state index >= 15 is 0 Å². The molecule has 2 rings (SSSR count). The standard InChI is InChI=1S/C14H14N2O2/c1-10-11(6-5-9-15-10)14(17)16-12-7-3-4-8-13(12)18-2/h3-9H,1-2H3,(H,16,17). The van der Waals surface area contributed by atoms with E-state index in [0.717, 1.165) is 0 Å².